The number of benzene rings is 1. The van der Waals surface area contributed by atoms with E-state index < -0.39 is 6.04 Å². The summed E-state index contributed by atoms with van der Waals surface area (Å²) < 4.78 is 5.57. The topological polar surface area (TPSA) is 65.1 Å². The SMILES string of the molecule is O=C([C@@H]1C[C@H](N2CCNCC2)CN1C(=O)OCc1ccccc1)N1CCSC1. The summed E-state index contributed by atoms with van der Waals surface area (Å²) in [6, 6.07) is 9.47. The van der Waals surface area contributed by atoms with Gasteiger partial charge in [-0.15, -0.1) is 11.8 Å². The van der Waals surface area contributed by atoms with Crippen molar-refractivity contribution in [1.82, 2.24) is 20.0 Å². The van der Waals surface area contributed by atoms with Crippen LogP contribution < -0.4 is 5.32 Å². The molecule has 152 valence electrons. The van der Waals surface area contributed by atoms with E-state index in [4.69, 9.17) is 4.74 Å². The number of carbonyl (C=O) groups excluding carboxylic acids is 2. The van der Waals surface area contributed by atoms with Gasteiger partial charge in [0.25, 0.3) is 0 Å². The van der Waals surface area contributed by atoms with Gasteiger partial charge in [-0.3, -0.25) is 14.6 Å². The minimum atomic E-state index is -0.415. The zero-order valence-corrected chi connectivity index (χ0v) is 16.9. The van der Waals surface area contributed by atoms with Gasteiger partial charge in [-0.2, -0.15) is 0 Å². The Balaban J connectivity index is 1.44. The van der Waals surface area contributed by atoms with Gasteiger partial charge in [-0.25, -0.2) is 4.79 Å². The third-order valence-corrected chi connectivity index (χ3v) is 6.70. The van der Waals surface area contributed by atoms with E-state index in [2.05, 4.69) is 10.2 Å². The summed E-state index contributed by atoms with van der Waals surface area (Å²) in [5.74, 6) is 1.76. The zero-order chi connectivity index (χ0) is 19.3. The van der Waals surface area contributed by atoms with Gasteiger partial charge in [0.15, 0.2) is 0 Å². The van der Waals surface area contributed by atoms with Crippen molar-refractivity contribution < 1.29 is 14.3 Å². The van der Waals surface area contributed by atoms with E-state index in [0.717, 1.165) is 49.9 Å². The summed E-state index contributed by atoms with van der Waals surface area (Å²) in [4.78, 5) is 31.9. The molecule has 3 aliphatic heterocycles. The molecular formula is C20H28N4O3S. The van der Waals surface area contributed by atoms with Crippen LogP contribution in [0.5, 0.6) is 0 Å². The summed E-state index contributed by atoms with van der Waals surface area (Å²) in [6.07, 6.45) is 0.312. The Hall–Kier alpha value is -1.77. The summed E-state index contributed by atoms with van der Waals surface area (Å²) >= 11 is 1.77. The fraction of sp³-hybridized carbons (Fsp3) is 0.600. The van der Waals surface area contributed by atoms with Gasteiger partial charge >= 0.3 is 6.09 Å². The predicted octanol–water partition coefficient (Wildman–Crippen LogP) is 1.20. The summed E-state index contributed by atoms with van der Waals surface area (Å²) in [6.45, 7) is 5.38. The van der Waals surface area contributed by atoms with Crippen LogP contribution in [0.25, 0.3) is 0 Å². The van der Waals surface area contributed by atoms with Crippen LogP contribution in [-0.2, 0) is 16.1 Å². The zero-order valence-electron chi connectivity index (χ0n) is 16.1. The second-order valence-electron chi connectivity index (χ2n) is 7.52. The molecular weight excluding hydrogens is 376 g/mol. The fourth-order valence-corrected chi connectivity index (χ4v) is 5.12. The summed E-state index contributed by atoms with van der Waals surface area (Å²) in [5, 5.41) is 3.36. The number of nitrogens with zero attached hydrogens (tertiary/aromatic N) is 3. The lowest BCUT2D eigenvalue weighted by Gasteiger charge is -2.32. The summed E-state index contributed by atoms with van der Waals surface area (Å²) in [5.41, 5.74) is 0.951. The number of hydrogen-bond acceptors (Lipinski definition) is 6. The molecule has 3 fully saturated rings. The maximum atomic E-state index is 13.1. The number of hydrogen-bond donors (Lipinski definition) is 1. The molecule has 0 spiro atoms. The molecule has 0 unspecified atom stereocenters. The molecule has 3 saturated heterocycles. The Labute approximate surface area is 170 Å². The number of amides is 2. The van der Waals surface area contributed by atoms with E-state index in [1.807, 2.05) is 35.2 Å². The van der Waals surface area contributed by atoms with E-state index in [1.54, 1.807) is 16.7 Å². The standard InChI is InChI=1S/C20H28N4O3S/c25-19(23-10-11-28-15-23)18-12-17(22-8-6-21-7-9-22)13-24(18)20(26)27-14-16-4-2-1-3-5-16/h1-5,17-18,21H,6-15H2/t17-,18-/m0/s1. The third kappa shape index (κ3) is 4.45. The molecule has 1 aromatic rings. The largest absolute Gasteiger partial charge is 0.445 e. The van der Waals surface area contributed by atoms with Crippen molar-refractivity contribution in [2.45, 2.75) is 25.1 Å². The molecule has 3 aliphatic rings. The number of thioether (sulfide) groups is 1. The van der Waals surface area contributed by atoms with Crippen LogP contribution in [0.15, 0.2) is 30.3 Å². The number of nitrogens with one attached hydrogen (secondary N) is 1. The maximum absolute atomic E-state index is 13.1. The van der Waals surface area contributed by atoms with Crippen LogP contribution in [0.2, 0.25) is 0 Å². The van der Waals surface area contributed by atoms with E-state index in [0.29, 0.717) is 13.0 Å². The number of carbonyl (C=O) groups is 2. The van der Waals surface area contributed by atoms with Gasteiger partial charge in [0.1, 0.15) is 12.6 Å². The predicted molar refractivity (Wildman–Crippen MR) is 109 cm³/mol. The van der Waals surface area contributed by atoms with Gasteiger partial charge in [-0.1, -0.05) is 30.3 Å². The Bertz CT molecular complexity index is 677. The molecule has 0 radical (unpaired) electrons. The molecule has 3 heterocycles. The number of likely N-dealkylation sites (tertiary alicyclic amines) is 1. The Morgan fingerprint density at radius 2 is 1.93 bits per heavy atom. The van der Waals surface area contributed by atoms with Crippen molar-refractivity contribution in [1.29, 1.82) is 0 Å². The molecule has 1 N–H and O–H groups in total. The monoisotopic (exact) mass is 404 g/mol. The van der Waals surface area contributed by atoms with Gasteiger partial charge in [0.2, 0.25) is 5.91 Å². The number of piperazine rings is 1. The first-order chi connectivity index (χ1) is 13.7. The first-order valence-electron chi connectivity index (χ1n) is 10.0. The quantitative estimate of drug-likeness (QED) is 0.814. The average Bonchev–Trinajstić information content (AvgIpc) is 3.43. The smallest absolute Gasteiger partial charge is 0.410 e. The number of ether oxygens (including phenoxy) is 1. The van der Waals surface area contributed by atoms with Crippen LogP contribution in [0.1, 0.15) is 12.0 Å². The maximum Gasteiger partial charge on any atom is 0.410 e. The first kappa shape index (κ1) is 19.5. The Kier molecular flexibility index (Phi) is 6.39. The molecule has 2 amide bonds. The van der Waals surface area contributed by atoms with Crippen molar-refractivity contribution >= 4 is 23.8 Å². The van der Waals surface area contributed by atoms with Crippen molar-refractivity contribution in [3.63, 3.8) is 0 Å². The lowest BCUT2D eigenvalue weighted by Crippen LogP contribution is -2.49. The van der Waals surface area contributed by atoms with Crippen LogP contribution in [0.3, 0.4) is 0 Å². The molecule has 0 aliphatic carbocycles. The highest BCUT2D eigenvalue weighted by Gasteiger charge is 2.44. The van der Waals surface area contributed by atoms with E-state index in [-0.39, 0.29) is 24.6 Å². The van der Waals surface area contributed by atoms with Crippen molar-refractivity contribution in [2.75, 3.05) is 50.9 Å². The normalized spacial score (nSPS) is 25.9. The minimum absolute atomic E-state index is 0.0688. The van der Waals surface area contributed by atoms with Crippen molar-refractivity contribution in [3.8, 4) is 0 Å². The lowest BCUT2D eigenvalue weighted by atomic mass is 10.1. The highest BCUT2D eigenvalue weighted by Crippen LogP contribution is 2.27. The molecule has 0 bridgehead atoms. The average molecular weight is 405 g/mol. The molecule has 2 atom stereocenters. The van der Waals surface area contributed by atoms with Crippen LogP contribution in [0.4, 0.5) is 4.79 Å². The minimum Gasteiger partial charge on any atom is -0.445 e. The van der Waals surface area contributed by atoms with Crippen LogP contribution in [-0.4, -0.2) is 89.7 Å². The molecule has 28 heavy (non-hydrogen) atoms. The van der Waals surface area contributed by atoms with Gasteiger partial charge < -0.3 is 15.0 Å². The van der Waals surface area contributed by atoms with Crippen LogP contribution >= 0.6 is 11.8 Å². The van der Waals surface area contributed by atoms with Crippen molar-refractivity contribution in [2.24, 2.45) is 0 Å². The number of rotatable bonds is 4. The Morgan fingerprint density at radius 1 is 1.14 bits per heavy atom. The van der Waals surface area contributed by atoms with E-state index >= 15 is 0 Å². The Morgan fingerprint density at radius 3 is 2.64 bits per heavy atom. The summed E-state index contributed by atoms with van der Waals surface area (Å²) in [7, 11) is 0. The second kappa shape index (κ2) is 9.15. The second-order valence-corrected chi connectivity index (χ2v) is 8.60. The highest BCUT2D eigenvalue weighted by molar-refractivity contribution is 7.99. The lowest BCUT2D eigenvalue weighted by molar-refractivity contribution is -0.134. The molecule has 7 nitrogen and oxygen atoms in total. The van der Waals surface area contributed by atoms with Gasteiger partial charge in [0, 0.05) is 51.1 Å². The van der Waals surface area contributed by atoms with E-state index in [1.165, 1.54) is 0 Å². The molecule has 1 aromatic carbocycles. The van der Waals surface area contributed by atoms with E-state index in [9.17, 15) is 9.59 Å². The van der Waals surface area contributed by atoms with Crippen LogP contribution in [0, 0.1) is 0 Å². The molecule has 0 saturated carbocycles. The molecule has 4 rings (SSSR count). The fourth-order valence-electron chi connectivity index (χ4n) is 4.16. The first-order valence-corrected chi connectivity index (χ1v) is 11.2. The van der Waals surface area contributed by atoms with Gasteiger partial charge in [0.05, 0.1) is 5.88 Å². The molecule has 8 heteroatoms. The van der Waals surface area contributed by atoms with Crippen molar-refractivity contribution in [3.05, 3.63) is 35.9 Å². The van der Waals surface area contributed by atoms with Gasteiger partial charge in [-0.05, 0) is 12.0 Å². The molecule has 0 aromatic heterocycles. The third-order valence-electron chi connectivity index (χ3n) is 5.74. The highest BCUT2D eigenvalue weighted by atomic mass is 32.2.